The van der Waals surface area contributed by atoms with Crippen LogP contribution in [0.15, 0.2) is 36.4 Å². The van der Waals surface area contributed by atoms with Crippen molar-refractivity contribution in [2.24, 2.45) is 0 Å². The van der Waals surface area contributed by atoms with Gasteiger partial charge in [-0.1, -0.05) is 26.0 Å². The van der Waals surface area contributed by atoms with Crippen molar-refractivity contribution in [1.29, 1.82) is 0 Å². The van der Waals surface area contributed by atoms with Crippen molar-refractivity contribution in [3.05, 3.63) is 58.7 Å². The second-order valence-electron chi connectivity index (χ2n) is 6.84. The van der Waals surface area contributed by atoms with Gasteiger partial charge in [-0.2, -0.15) is 0 Å². The topological polar surface area (TPSA) is 50.8 Å². The van der Waals surface area contributed by atoms with Crippen LogP contribution in [-0.4, -0.2) is 44.2 Å². The van der Waals surface area contributed by atoms with Gasteiger partial charge in [0.15, 0.2) is 11.5 Å². The van der Waals surface area contributed by atoms with Gasteiger partial charge in [0.2, 0.25) is 0 Å². The van der Waals surface area contributed by atoms with Gasteiger partial charge in [-0.25, -0.2) is 0 Å². The van der Waals surface area contributed by atoms with Gasteiger partial charge in [0.25, 0.3) is 5.91 Å². The summed E-state index contributed by atoms with van der Waals surface area (Å²) < 4.78 is 11.3. The molecule has 0 spiro atoms. The first-order valence-electron chi connectivity index (χ1n) is 9.86. The Kier molecular flexibility index (Phi) is 8.33. The number of amides is 1. The number of benzene rings is 2. The number of aryl methyl sites for hydroxylation is 2. The number of rotatable bonds is 10. The molecule has 0 aliphatic heterocycles. The Balaban J connectivity index is 1.95. The van der Waals surface area contributed by atoms with E-state index in [0.717, 1.165) is 36.5 Å². The van der Waals surface area contributed by atoms with E-state index in [2.05, 4.69) is 24.1 Å². The van der Waals surface area contributed by atoms with E-state index in [0.29, 0.717) is 24.5 Å². The van der Waals surface area contributed by atoms with Crippen molar-refractivity contribution in [2.75, 3.05) is 33.4 Å². The third-order valence-electron chi connectivity index (χ3n) is 5.01. The summed E-state index contributed by atoms with van der Waals surface area (Å²) in [5, 5.41) is 2.96. The number of carbonyl (C=O) groups excluding carboxylic acids is 1. The molecule has 2 aromatic carbocycles. The maximum Gasteiger partial charge on any atom is 0.251 e. The van der Waals surface area contributed by atoms with Gasteiger partial charge >= 0.3 is 0 Å². The second-order valence-corrected chi connectivity index (χ2v) is 6.84. The molecule has 152 valence electrons. The normalized spacial score (nSPS) is 10.8. The maximum atomic E-state index is 12.4. The van der Waals surface area contributed by atoms with Crippen molar-refractivity contribution in [3.63, 3.8) is 0 Å². The Morgan fingerprint density at radius 3 is 2.39 bits per heavy atom. The predicted octanol–water partition coefficient (Wildman–Crippen LogP) is 3.96. The van der Waals surface area contributed by atoms with Crippen molar-refractivity contribution in [1.82, 2.24) is 10.2 Å². The highest BCUT2D eigenvalue weighted by atomic mass is 16.5. The molecule has 1 N–H and O–H groups in total. The molecule has 0 atom stereocenters. The van der Waals surface area contributed by atoms with Gasteiger partial charge < -0.3 is 19.7 Å². The summed E-state index contributed by atoms with van der Waals surface area (Å²) in [6.45, 7) is 12.3. The van der Waals surface area contributed by atoms with Crippen LogP contribution in [0.4, 0.5) is 0 Å². The van der Waals surface area contributed by atoms with E-state index in [1.807, 2.05) is 50.2 Å². The molecule has 0 radical (unpaired) electrons. The molecule has 0 bridgehead atoms. The molecule has 0 saturated heterocycles. The highest BCUT2D eigenvalue weighted by molar-refractivity contribution is 5.94. The lowest BCUT2D eigenvalue weighted by molar-refractivity contribution is 0.0951. The molecule has 1 amide bonds. The number of methoxy groups -OCH3 is 1. The summed E-state index contributed by atoms with van der Waals surface area (Å²) >= 11 is 0. The number of nitrogens with one attached hydrogen (secondary N) is 1. The molecule has 0 heterocycles. The predicted molar refractivity (Wildman–Crippen MR) is 113 cm³/mol. The molecule has 5 nitrogen and oxygen atoms in total. The van der Waals surface area contributed by atoms with Gasteiger partial charge in [0.05, 0.1) is 7.11 Å². The number of hydrogen-bond acceptors (Lipinski definition) is 4. The van der Waals surface area contributed by atoms with Crippen molar-refractivity contribution in [3.8, 4) is 11.5 Å². The summed E-state index contributed by atoms with van der Waals surface area (Å²) in [6, 6.07) is 11.5. The highest BCUT2D eigenvalue weighted by Crippen LogP contribution is 2.28. The van der Waals surface area contributed by atoms with Crippen molar-refractivity contribution < 1.29 is 14.3 Å². The van der Waals surface area contributed by atoms with Gasteiger partial charge in [0.1, 0.15) is 6.61 Å². The van der Waals surface area contributed by atoms with Crippen molar-refractivity contribution >= 4 is 5.91 Å². The maximum absolute atomic E-state index is 12.4. The van der Waals surface area contributed by atoms with E-state index in [1.54, 1.807) is 7.11 Å². The van der Waals surface area contributed by atoms with Crippen LogP contribution < -0.4 is 14.8 Å². The van der Waals surface area contributed by atoms with Crippen LogP contribution in [0.5, 0.6) is 11.5 Å². The zero-order valence-electron chi connectivity index (χ0n) is 17.7. The largest absolute Gasteiger partial charge is 0.493 e. The van der Waals surface area contributed by atoms with E-state index >= 15 is 0 Å². The Labute approximate surface area is 168 Å². The van der Waals surface area contributed by atoms with Crippen LogP contribution in [0.2, 0.25) is 0 Å². The molecular formula is C23H32N2O3. The fourth-order valence-electron chi connectivity index (χ4n) is 2.93. The summed E-state index contributed by atoms with van der Waals surface area (Å²) in [7, 11) is 1.63. The average Bonchev–Trinajstić information content (AvgIpc) is 2.71. The smallest absolute Gasteiger partial charge is 0.251 e. The van der Waals surface area contributed by atoms with Crippen LogP contribution >= 0.6 is 0 Å². The molecule has 2 aromatic rings. The van der Waals surface area contributed by atoms with Crippen LogP contribution in [0.25, 0.3) is 0 Å². The minimum Gasteiger partial charge on any atom is -0.493 e. The molecular weight excluding hydrogens is 352 g/mol. The van der Waals surface area contributed by atoms with Crippen LogP contribution in [0, 0.1) is 13.8 Å². The zero-order valence-corrected chi connectivity index (χ0v) is 17.7. The van der Waals surface area contributed by atoms with Gasteiger partial charge in [-0.15, -0.1) is 0 Å². The number of carbonyl (C=O) groups is 1. The van der Waals surface area contributed by atoms with Crippen LogP contribution in [-0.2, 0) is 6.54 Å². The first-order valence-corrected chi connectivity index (χ1v) is 9.86. The lowest BCUT2D eigenvalue weighted by Gasteiger charge is -2.19. The van der Waals surface area contributed by atoms with Crippen LogP contribution in [0.1, 0.15) is 40.9 Å². The lowest BCUT2D eigenvalue weighted by atomic mass is 10.1. The van der Waals surface area contributed by atoms with Gasteiger partial charge in [-0.05, 0) is 67.9 Å². The monoisotopic (exact) mass is 384 g/mol. The minimum absolute atomic E-state index is 0.0818. The molecule has 0 fully saturated rings. The second kappa shape index (κ2) is 10.7. The Morgan fingerprint density at radius 2 is 1.75 bits per heavy atom. The third-order valence-corrected chi connectivity index (χ3v) is 5.01. The Bertz CT molecular complexity index is 785. The third kappa shape index (κ3) is 5.99. The molecule has 0 saturated carbocycles. The number of nitrogens with zero attached hydrogens (tertiary/aromatic N) is 1. The molecule has 0 aliphatic carbocycles. The van der Waals surface area contributed by atoms with Gasteiger partial charge in [-0.3, -0.25) is 4.79 Å². The number of likely N-dealkylation sites (N-methyl/N-ethyl adjacent to an activating group) is 1. The SMILES string of the molecule is CCN(CC)CCOc1ccc(CNC(=O)c2ccc(C)c(C)c2)cc1OC. The van der Waals surface area contributed by atoms with Crippen molar-refractivity contribution in [2.45, 2.75) is 34.2 Å². The molecule has 0 unspecified atom stereocenters. The Morgan fingerprint density at radius 1 is 1.00 bits per heavy atom. The fraction of sp³-hybridized carbons (Fsp3) is 0.435. The molecule has 2 rings (SSSR count). The first kappa shape index (κ1) is 21.8. The number of hydrogen-bond donors (Lipinski definition) is 1. The molecule has 28 heavy (non-hydrogen) atoms. The first-order chi connectivity index (χ1) is 13.5. The average molecular weight is 385 g/mol. The standard InChI is InChI=1S/C23H32N2O3/c1-6-25(7-2)12-13-28-21-11-9-19(15-22(21)27-5)16-24-23(26)20-10-8-17(3)18(4)14-20/h8-11,14-15H,6-7,12-13,16H2,1-5H3,(H,24,26). The minimum atomic E-state index is -0.0818. The van der Waals surface area contributed by atoms with Crippen LogP contribution in [0.3, 0.4) is 0 Å². The van der Waals surface area contributed by atoms with E-state index in [9.17, 15) is 4.79 Å². The zero-order chi connectivity index (χ0) is 20.5. The lowest BCUT2D eigenvalue weighted by Crippen LogP contribution is -2.28. The van der Waals surface area contributed by atoms with E-state index in [1.165, 1.54) is 5.56 Å². The highest BCUT2D eigenvalue weighted by Gasteiger charge is 2.10. The Hall–Kier alpha value is -2.53. The fourth-order valence-corrected chi connectivity index (χ4v) is 2.93. The summed E-state index contributed by atoms with van der Waals surface area (Å²) in [4.78, 5) is 14.7. The molecule has 0 aromatic heterocycles. The van der Waals surface area contributed by atoms with E-state index in [4.69, 9.17) is 9.47 Å². The summed E-state index contributed by atoms with van der Waals surface area (Å²) in [5.74, 6) is 1.32. The number of ether oxygens (including phenoxy) is 2. The van der Waals surface area contributed by atoms with E-state index in [-0.39, 0.29) is 5.91 Å². The quantitative estimate of drug-likeness (QED) is 0.674. The molecule has 0 aliphatic rings. The molecule has 5 heteroatoms. The summed E-state index contributed by atoms with van der Waals surface area (Å²) in [5.41, 5.74) is 3.93. The van der Waals surface area contributed by atoms with Gasteiger partial charge in [0, 0.05) is 18.7 Å². The van der Waals surface area contributed by atoms with E-state index < -0.39 is 0 Å². The summed E-state index contributed by atoms with van der Waals surface area (Å²) in [6.07, 6.45) is 0.